The van der Waals surface area contributed by atoms with Crippen LogP contribution in [0.3, 0.4) is 0 Å². The van der Waals surface area contributed by atoms with Gasteiger partial charge in [0.05, 0.1) is 17.8 Å². The zero-order chi connectivity index (χ0) is 19.6. The third kappa shape index (κ3) is 4.14. The molecule has 4 heteroatoms. The number of benzene rings is 2. The molecule has 144 valence electrons. The lowest BCUT2D eigenvalue weighted by Gasteiger charge is -2.47. The molecular formula is C23H29ClN2O. The van der Waals surface area contributed by atoms with Crippen LogP contribution in [0.5, 0.6) is 5.75 Å². The maximum atomic E-state index is 6.64. The van der Waals surface area contributed by atoms with Crippen LogP contribution in [0.4, 0.5) is 11.4 Å². The van der Waals surface area contributed by atoms with E-state index in [9.17, 15) is 0 Å². The first kappa shape index (κ1) is 19.8. The minimum Gasteiger partial charge on any atom is -0.497 e. The van der Waals surface area contributed by atoms with Crippen molar-refractivity contribution in [2.45, 2.75) is 52.0 Å². The van der Waals surface area contributed by atoms with Crippen molar-refractivity contribution < 1.29 is 4.74 Å². The van der Waals surface area contributed by atoms with Crippen molar-refractivity contribution >= 4 is 29.2 Å². The lowest BCUT2D eigenvalue weighted by molar-refractivity contribution is 0.376. The predicted molar refractivity (Wildman–Crippen MR) is 116 cm³/mol. The van der Waals surface area contributed by atoms with Crippen molar-refractivity contribution in [1.82, 2.24) is 0 Å². The summed E-state index contributed by atoms with van der Waals surface area (Å²) in [4.78, 5) is 7.10. The molecule has 0 saturated carbocycles. The van der Waals surface area contributed by atoms with E-state index in [1.807, 2.05) is 30.5 Å². The Labute approximate surface area is 168 Å². The van der Waals surface area contributed by atoms with Crippen LogP contribution in [0, 0.1) is 0 Å². The molecule has 2 aromatic rings. The molecule has 3 rings (SSSR count). The van der Waals surface area contributed by atoms with Gasteiger partial charge in [-0.15, -0.1) is 0 Å². The molecule has 2 aromatic carbocycles. The summed E-state index contributed by atoms with van der Waals surface area (Å²) in [5, 5.41) is 0.747. The van der Waals surface area contributed by atoms with Crippen LogP contribution in [0.1, 0.15) is 57.6 Å². The van der Waals surface area contributed by atoms with Crippen molar-refractivity contribution in [2.24, 2.45) is 4.99 Å². The first-order chi connectivity index (χ1) is 12.9. The maximum Gasteiger partial charge on any atom is 0.119 e. The average molecular weight is 385 g/mol. The number of aliphatic imine (C=N–C) groups is 1. The first-order valence-electron chi connectivity index (χ1n) is 9.65. The fourth-order valence-corrected chi connectivity index (χ4v) is 4.29. The molecule has 1 heterocycles. The number of halogens is 1. The number of hydrogen-bond donors (Lipinski definition) is 0. The van der Waals surface area contributed by atoms with Gasteiger partial charge in [0.25, 0.3) is 0 Å². The van der Waals surface area contributed by atoms with E-state index in [4.69, 9.17) is 16.3 Å². The van der Waals surface area contributed by atoms with Crippen LogP contribution >= 0.6 is 11.6 Å². The Hall–Kier alpha value is -2.00. The molecule has 0 bridgehead atoms. The number of hydrogen-bond acceptors (Lipinski definition) is 3. The van der Waals surface area contributed by atoms with Gasteiger partial charge in [-0.05, 0) is 74.6 Å². The smallest absolute Gasteiger partial charge is 0.119 e. The highest BCUT2D eigenvalue weighted by Gasteiger charge is 2.36. The zero-order valence-corrected chi connectivity index (χ0v) is 17.7. The van der Waals surface area contributed by atoms with Gasteiger partial charge in [-0.2, -0.15) is 0 Å². The van der Waals surface area contributed by atoms with E-state index in [0.29, 0.717) is 5.92 Å². The van der Waals surface area contributed by atoms with E-state index in [2.05, 4.69) is 49.7 Å². The Balaban J connectivity index is 1.95. The summed E-state index contributed by atoms with van der Waals surface area (Å²) in [7, 11) is 1.66. The molecule has 0 N–H and O–H groups in total. The Morgan fingerprint density at radius 2 is 1.96 bits per heavy atom. The Morgan fingerprint density at radius 1 is 1.26 bits per heavy atom. The largest absolute Gasteiger partial charge is 0.497 e. The van der Waals surface area contributed by atoms with Crippen LogP contribution in [0.25, 0.3) is 0 Å². The molecule has 3 nitrogen and oxygen atoms in total. The lowest BCUT2D eigenvalue weighted by Crippen LogP contribution is -2.48. The zero-order valence-electron chi connectivity index (χ0n) is 16.9. The van der Waals surface area contributed by atoms with E-state index in [1.165, 1.54) is 11.3 Å². The van der Waals surface area contributed by atoms with Crippen LogP contribution in [0.2, 0.25) is 5.02 Å². The summed E-state index contributed by atoms with van der Waals surface area (Å²) in [6, 6.07) is 12.0. The number of fused-ring (bicyclic) bond motifs is 1. The molecule has 0 spiro atoms. The van der Waals surface area contributed by atoms with Crippen molar-refractivity contribution in [3.63, 3.8) is 0 Å². The van der Waals surface area contributed by atoms with Crippen LogP contribution in [-0.2, 0) is 0 Å². The molecule has 0 saturated heterocycles. The van der Waals surface area contributed by atoms with E-state index in [0.717, 1.165) is 41.4 Å². The summed E-state index contributed by atoms with van der Waals surface area (Å²) in [6.45, 7) is 10.2. The van der Waals surface area contributed by atoms with Crippen LogP contribution < -0.4 is 9.64 Å². The van der Waals surface area contributed by atoms with Crippen LogP contribution in [-0.4, -0.2) is 25.4 Å². The van der Waals surface area contributed by atoms with Gasteiger partial charge < -0.3 is 9.64 Å². The average Bonchev–Trinajstić information content (AvgIpc) is 2.64. The molecular weight excluding hydrogens is 356 g/mol. The third-order valence-corrected chi connectivity index (χ3v) is 5.70. The fraction of sp³-hybridized carbons (Fsp3) is 0.435. The molecule has 1 unspecified atom stereocenters. The fourth-order valence-electron chi connectivity index (χ4n) is 4.08. The monoisotopic (exact) mass is 384 g/mol. The number of ether oxygens (including phenoxy) is 1. The minimum absolute atomic E-state index is 0.143. The second-order valence-corrected chi connectivity index (χ2v) is 8.37. The number of methoxy groups -OCH3 is 1. The summed E-state index contributed by atoms with van der Waals surface area (Å²) in [5.41, 5.74) is 4.63. The van der Waals surface area contributed by atoms with Gasteiger partial charge in [0.1, 0.15) is 5.75 Å². The van der Waals surface area contributed by atoms with Crippen molar-refractivity contribution in [2.75, 3.05) is 18.6 Å². The normalized spacial score (nSPS) is 18.6. The third-order valence-electron chi connectivity index (χ3n) is 5.38. The molecule has 0 aromatic heterocycles. The highest BCUT2D eigenvalue weighted by Crippen LogP contribution is 2.45. The summed E-state index contributed by atoms with van der Waals surface area (Å²) in [6.07, 6.45) is 4.12. The maximum absolute atomic E-state index is 6.64. The molecule has 0 amide bonds. The predicted octanol–water partition coefficient (Wildman–Crippen LogP) is 6.60. The first-order valence-corrected chi connectivity index (χ1v) is 10.0. The molecule has 27 heavy (non-hydrogen) atoms. The standard InChI is InChI=1S/C23H29ClN2O/c1-6-11-26-22-13-21(24)17(12-20(22)16(2)14-23(26,3)4)15-25-18-7-9-19(27-5)10-8-18/h7-10,12-13,15-16H,6,11,14H2,1-5H3. The Kier molecular flexibility index (Phi) is 5.81. The van der Waals surface area contributed by atoms with E-state index in [-0.39, 0.29) is 5.54 Å². The van der Waals surface area contributed by atoms with Gasteiger partial charge in [-0.25, -0.2) is 0 Å². The number of nitrogens with zero attached hydrogens (tertiary/aromatic N) is 2. The molecule has 0 fully saturated rings. The number of rotatable bonds is 5. The second kappa shape index (κ2) is 7.93. The van der Waals surface area contributed by atoms with Gasteiger partial charge in [-0.1, -0.05) is 25.4 Å². The lowest BCUT2D eigenvalue weighted by atomic mass is 9.79. The van der Waals surface area contributed by atoms with E-state index < -0.39 is 0 Å². The van der Waals surface area contributed by atoms with E-state index in [1.54, 1.807) is 7.11 Å². The minimum atomic E-state index is 0.143. The second-order valence-electron chi connectivity index (χ2n) is 7.96. The quantitative estimate of drug-likeness (QED) is 0.542. The summed E-state index contributed by atoms with van der Waals surface area (Å²) >= 11 is 6.64. The van der Waals surface area contributed by atoms with Gasteiger partial charge in [0.2, 0.25) is 0 Å². The summed E-state index contributed by atoms with van der Waals surface area (Å²) in [5.74, 6) is 1.32. The molecule has 1 atom stereocenters. The van der Waals surface area contributed by atoms with Gasteiger partial charge >= 0.3 is 0 Å². The Morgan fingerprint density at radius 3 is 2.59 bits per heavy atom. The molecule has 1 aliphatic rings. The SMILES string of the molecule is CCCN1c2cc(Cl)c(C=Nc3ccc(OC)cc3)cc2C(C)CC1(C)C. The molecule has 1 aliphatic heterocycles. The van der Waals surface area contributed by atoms with Crippen molar-refractivity contribution in [3.8, 4) is 5.75 Å². The van der Waals surface area contributed by atoms with Gasteiger partial charge in [0.15, 0.2) is 0 Å². The van der Waals surface area contributed by atoms with Crippen LogP contribution in [0.15, 0.2) is 41.4 Å². The van der Waals surface area contributed by atoms with Gasteiger partial charge in [-0.3, -0.25) is 4.99 Å². The highest BCUT2D eigenvalue weighted by molar-refractivity contribution is 6.33. The molecule has 0 aliphatic carbocycles. The topological polar surface area (TPSA) is 24.8 Å². The van der Waals surface area contributed by atoms with Gasteiger partial charge in [0, 0.05) is 29.5 Å². The highest BCUT2D eigenvalue weighted by atomic mass is 35.5. The van der Waals surface area contributed by atoms with Crippen molar-refractivity contribution in [3.05, 3.63) is 52.5 Å². The summed E-state index contributed by atoms with van der Waals surface area (Å²) < 4.78 is 5.19. The Bertz CT molecular complexity index is 827. The van der Waals surface area contributed by atoms with E-state index >= 15 is 0 Å². The van der Waals surface area contributed by atoms with Crippen molar-refractivity contribution in [1.29, 1.82) is 0 Å². The number of anilines is 1. The molecule has 0 radical (unpaired) electrons.